The van der Waals surface area contributed by atoms with Gasteiger partial charge in [0.25, 0.3) is 0 Å². The number of fused-ring (bicyclic) bond motifs is 1. The Morgan fingerprint density at radius 1 is 1.15 bits per heavy atom. The van der Waals surface area contributed by atoms with Crippen molar-refractivity contribution in [3.8, 4) is 0 Å². The number of para-hydroxylation sites is 1. The molecule has 1 aliphatic rings. The second-order valence-corrected chi connectivity index (χ2v) is 6.93. The van der Waals surface area contributed by atoms with Gasteiger partial charge in [0.05, 0.1) is 11.8 Å². The van der Waals surface area contributed by atoms with Gasteiger partial charge in [-0.25, -0.2) is 0 Å². The van der Waals surface area contributed by atoms with Crippen molar-refractivity contribution in [2.75, 3.05) is 6.54 Å². The number of nitrogens with zero attached hydrogens (tertiary/aromatic N) is 2. The molecule has 134 valence electrons. The lowest BCUT2D eigenvalue weighted by molar-refractivity contribution is -0.135. The molecule has 1 aromatic carbocycles. The lowest BCUT2D eigenvalue weighted by atomic mass is 10.0. The van der Waals surface area contributed by atoms with Crippen molar-refractivity contribution in [2.24, 2.45) is 0 Å². The highest BCUT2D eigenvalue weighted by Gasteiger charge is 2.25. The van der Waals surface area contributed by atoms with Gasteiger partial charge in [0, 0.05) is 29.7 Å². The van der Waals surface area contributed by atoms with Crippen LogP contribution in [0.3, 0.4) is 0 Å². The normalized spacial score (nSPS) is 17.6. The number of amides is 1. The fourth-order valence-corrected chi connectivity index (χ4v) is 3.80. The van der Waals surface area contributed by atoms with Crippen LogP contribution in [0.5, 0.6) is 0 Å². The van der Waals surface area contributed by atoms with E-state index in [2.05, 4.69) is 6.92 Å². The summed E-state index contributed by atoms with van der Waals surface area (Å²) >= 11 is 0. The number of rotatable bonds is 4. The van der Waals surface area contributed by atoms with Crippen molar-refractivity contribution in [3.05, 3.63) is 60.2 Å². The minimum atomic E-state index is -0.163. The zero-order valence-electron chi connectivity index (χ0n) is 14.9. The molecule has 5 nitrogen and oxygen atoms in total. The van der Waals surface area contributed by atoms with Crippen LogP contribution in [0.25, 0.3) is 10.9 Å². The van der Waals surface area contributed by atoms with Crippen molar-refractivity contribution in [2.45, 2.75) is 38.8 Å². The van der Waals surface area contributed by atoms with Crippen molar-refractivity contribution in [1.29, 1.82) is 0 Å². The van der Waals surface area contributed by atoms with E-state index in [-0.39, 0.29) is 24.3 Å². The van der Waals surface area contributed by atoms with Crippen LogP contribution in [-0.4, -0.2) is 33.7 Å². The largest absolute Gasteiger partial charge is 0.461 e. The summed E-state index contributed by atoms with van der Waals surface area (Å²) in [6.07, 6.45) is 6.57. The van der Waals surface area contributed by atoms with Crippen LogP contribution in [0, 0.1) is 0 Å². The molecule has 4 rings (SSSR count). The van der Waals surface area contributed by atoms with Crippen LogP contribution in [0.2, 0.25) is 0 Å². The summed E-state index contributed by atoms with van der Waals surface area (Å²) in [6.45, 7) is 3.17. The first-order valence-corrected chi connectivity index (χ1v) is 9.10. The van der Waals surface area contributed by atoms with Gasteiger partial charge in [0.15, 0.2) is 5.76 Å². The maximum absolute atomic E-state index is 12.8. The highest BCUT2D eigenvalue weighted by molar-refractivity contribution is 6.15. The summed E-state index contributed by atoms with van der Waals surface area (Å²) in [5, 5.41) is 0.841. The van der Waals surface area contributed by atoms with Gasteiger partial charge in [-0.2, -0.15) is 0 Å². The van der Waals surface area contributed by atoms with Crippen LogP contribution >= 0.6 is 0 Å². The monoisotopic (exact) mass is 350 g/mol. The average molecular weight is 350 g/mol. The molecule has 1 fully saturated rings. The fourth-order valence-electron chi connectivity index (χ4n) is 3.80. The van der Waals surface area contributed by atoms with Crippen molar-refractivity contribution in [1.82, 2.24) is 9.47 Å². The Morgan fingerprint density at radius 3 is 2.77 bits per heavy atom. The second kappa shape index (κ2) is 6.83. The van der Waals surface area contributed by atoms with E-state index in [1.165, 1.54) is 12.7 Å². The Morgan fingerprint density at radius 2 is 2.00 bits per heavy atom. The second-order valence-electron chi connectivity index (χ2n) is 6.93. The highest BCUT2D eigenvalue weighted by Crippen LogP contribution is 2.25. The number of carbonyl (C=O) groups is 2. The summed E-state index contributed by atoms with van der Waals surface area (Å²) in [4.78, 5) is 27.6. The van der Waals surface area contributed by atoms with Gasteiger partial charge in [0.1, 0.15) is 6.54 Å². The molecule has 2 aromatic heterocycles. The quantitative estimate of drug-likeness (QED) is 0.671. The van der Waals surface area contributed by atoms with E-state index >= 15 is 0 Å². The lowest BCUT2D eigenvalue weighted by Crippen LogP contribution is -2.43. The molecule has 0 radical (unpaired) electrons. The smallest absolute Gasteiger partial charge is 0.242 e. The summed E-state index contributed by atoms with van der Waals surface area (Å²) in [6, 6.07) is 11.3. The van der Waals surface area contributed by atoms with Crippen molar-refractivity contribution in [3.63, 3.8) is 0 Å². The number of benzene rings is 1. The molecule has 0 bridgehead atoms. The molecule has 3 heterocycles. The zero-order chi connectivity index (χ0) is 18.1. The molecular weight excluding hydrogens is 328 g/mol. The minimum Gasteiger partial charge on any atom is -0.461 e. The van der Waals surface area contributed by atoms with Gasteiger partial charge in [-0.05, 0) is 44.4 Å². The third-order valence-corrected chi connectivity index (χ3v) is 5.21. The lowest BCUT2D eigenvalue weighted by Gasteiger charge is -2.33. The average Bonchev–Trinajstić information content (AvgIpc) is 3.30. The molecule has 1 amide bonds. The third kappa shape index (κ3) is 2.94. The highest BCUT2D eigenvalue weighted by atomic mass is 16.3. The molecule has 0 saturated carbocycles. The first-order valence-electron chi connectivity index (χ1n) is 9.10. The summed E-state index contributed by atoms with van der Waals surface area (Å²) < 4.78 is 7.15. The Kier molecular flexibility index (Phi) is 4.37. The number of furan rings is 1. The number of piperidine rings is 1. The molecule has 0 N–H and O–H groups in total. The number of likely N-dealkylation sites (tertiary alicyclic amines) is 1. The van der Waals surface area contributed by atoms with E-state index in [1.54, 1.807) is 18.3 Å². The first kappa shape index (κ1) is 16.6. The number of ketones is 1. The summed E-state index contributed by atoms with van der Waals surface area (Å²) in [7, 11) is 0. The number of aromatic nitrogens is 1. The van der Waals surface area contributed by atoms with Gasteiger partial charge in [-0.3, -0.25) is 9.59 Å². The fraction of sp³-hybridized carbons (Fsp3) is 0.333. The SMILES string of the molecule is C[C@H]1CCCCN1C(=O)Cn1cc(C(=O)c2ccco2)c2ccccc21. The third-order valence-electron chi connectivity index (χ3n) is 5.21. The van der Waals surface area contributed by atoms with Crippen LogP contribution in [0.4, 0.5) is 0 Å². The Balaban J connectivity index is 1.67. The van der Waals surface area contributed by atoms with Crippen LogP contribution in [-0.2, 0) is 11.3 Å². The van der Waals surface area contributed by atoms with Gasteiger partial charge >= 0.3 is 0 Å². The van der Waals surface area contributed by atoms with E-state index in [1.807, 2.05) is 33.7 Å². The van der Waals surface area contributed by atoms with Crippen LogP contribution in [0.15, 0.2) is 53.3 Å². The van der Waals surface area contributed by atoms with E-state index in [0.29, 0.717) is 11.3 Å². The molecule has 0 spiro atoms. The molecule has 1 saturated heterocycles. The predicted octanol–water partition coefficient (Wildman–Crippen LogP) is 3.87. The van der Waals surface area contributed by atoms with Gasteiger partial charge in [0.2, 0.25) is 11.7 Å². The van der Waals surface area contributed by atoms with Gasteiger partial charge in [-0.15, -0.1) is 0 Å². The van der Waals surface area contributed by atoms with E-state index in [0.717, 1.165) is 30.3 Å². The number of carbonyl (C=O) groups excluding carboxylic acids is 2. The topological polar surface area (TPSA) is 55.5 Å². The maximum Gasteiger partial charge on any atom is 0.242 e. The molecule has 1 aliphatic heterocycles. The van der Waals surface area contributed by atoms with Crippen molar-refractivity contribution >= 4 is 22.6 Å². The summed E-state index contributed by atoms with van der Waals surface area (Å²) in [5.41, 5.74) is 1.45. The molecule has 26 heavy (non-hydrogen) atoms. The molecule has 3 aromatic rings. The maximum atomic E-state index is 12.8. The first-order chi connectivity index (χ1) is 12.6. The molecule has 1 atom stereocenters. The van der Waals surface area contributed by atoms with E-state index in [9.17, 15) is 9.59 Å². The van der Waals surface area contributed by atoms with Gasteiger partial charge in [-0.1, -0.05) is 18.2 Å². The molecular formula is C21H22N2O3. The number of hydrogen-bond acceptors (Lipinski definition) is 3. The summed E-state index contributed by atoms with van der Waals surface area (Å²) in [5.74, 6) is 0.252. The Bertz CT molecular complexity index is 939. The van der Waals surface area contributed by atoms with Crippen molar-refractivity contribution < 1.29 is 14.0 Å². The predicted molar refractivity (Wildman–Crippen MR) is 99.1 cm³/mol. The molecule has 0 unspecified atom stereocenters. The Labute approximate surface area is 152 Å². The standard InChI is InChI=1S/C21H22N2O3/c1-15-7-4-5-11-23(15)20(24)14-22-13-17(16-8-2-3-9-18(16)22)21(25)19-10-6-12-26-19/h2-3,6,8-10,12-13,15H,4-5,7,11,14H2,1H3/t15-/m0/s1. The van der Waals surface area contributed by atoms with E-state index < -0.39 is 0 Å². The van der Waals surface area contributed by atoms with Gasteiger partial charge < -0.3 is 13.9 Å². The molecule has 0 aliphatic carbocycles. The Hall–Kier alpha value is -2.82. The minimum absolute atomic E-state index is 0.106. The van der Waals surface area contributed by atoms with Crippen LogP contribution in [0.1, 0.15) is 42.3 Å². The molecule has 5 heteroatoms. The van der Waals surface area contributed by atoms with Crippen LogP contribution < -0.4 is 0 Å². The van der Waals surface area contributed by atoms with E-state index in [4.69, 9.17) is 4.42 Å². The zero-order valence-corrected chi connectivity index (χ0v) is 14.9. The number of hydrogen-bond donors (Lipinski definition) is 0.